The van der Waals surface area contributed by atoms with Crippen LogP contribution in [0.4, 0.5) is 0 Å². The zero-order chi connectivity index (χ0) is 6.57. The Labute approximate surface area is 47.8 Å². The van der Waals surface area contributed by atoms with Gasteiger partial charge in [0.2, 0.25) is 0 Å². The van der Waals surface area contributed by atoms with E-state index in [0.717, 1.165) is 6.21 Å². The first kappa shape index (κ1) is 7.14. The van der Waals surface area contributed by atoms with Gasteiger partial charge in [-0.1, -0.05) is 6.92 Å². The van der Waals surface area contributed by atoms with E-state index in [1.54, 1.807) is 6.92 Å². The highest BCUT2D eigenvalue weighted by atomic mass is 16.4. The molecule has 0 aliphatic rings. The fourth-order valence-electron chi connectivity index (χ4n) is 0.278. The van der Waals surface area contributed by atoms with E-state index in [1.165, 1.54) is 0 Å². The Morgan fingerprint density at radius 1 is 2.00 bits per heavy atom. The number of carboxylic acid groups (broad SMARTS) is 1. The van der Waals surface area contributed by atoms with Crippen LogP contribution < -0.4 is 0 Å². The second-order valence-corrected chi connectivity index (χ2v) is 1.68. The van der Waals surface area contributed by atoms with Gasteiger partial charge in [-0.05, 0) is 12.6 Å². The van der Waals surface area contributed by atoms with Crippen molar-refractivity contribution in [2.24, 2.45) is 5.92 Å². The third kappa shape index (κ3) is 2.34. The average molecular weight is 115 g/mol. The van der Waals surface area contributed by atoms with Gasteiger partial charge in [0.1, 0.15) is 0 Å². The molecule has 0 saturated heterocycles. The summed E-state index contributed by atoms with van der Waals surface area (Å²) in [6, 6.07) is 0. The second-order valence-electron chi connectivity index (χ2n) is 1.68. The zero-order valence-corrected chi connectivity index (χ0v) is 4.72. The minimum Gasteiger partial charge on any atom is -0.481 e. The molecule has 0 aliphatic carbocycles. The highest BCUT2D eigenvalue weighted by Gasteiger charge is 2.06. The van der Waals surface area contributed by atoms with Crippen LogP contribution in [0.3, 0.4) is 0 Å². The molecule has 0 aromatic heterocycles. The van der Waals surface area contributed by atoms with E-state index >= 15 is 0 Å². The molecule has 0 aromatic carbocycles. The molecule has 0 fully saturated rings. The summed E-state index contributed by atoms with van der Waals surface area (Å²) in [4.78, 5) is 9.99. The van der Waals surface area contributed by atoms with Crippen LogP contribution in [0.25, 0.3) is 0 Å². The molecule has 46 valence electrons. The molecule has 0 aliphatic heterocycles. The van der Waals surface area contributed by atoms with Crippen LogP contribution in [0.15, 0.2) is 0 Å². The number of rotatable bonds is 3. The second kappa shape index (κ2) is 3.18. The Hall–Kier alpha value is -0.860. The van der Waals surface area contributed by atoms with Crippen molar-refractivity contribution < 1.29 is 9.90 Å². The van der Waals surface area contributed by atoms with E-state index in [-0.39, 0.29) is 0 Å². The molecule has 0 rings (SSSR count). The number of hydrogen-bond donors (Lipinski definition) is 2. The number of hydrogen-bond acceptors (Lipinski definition) is 2. The van der Waals surface area contributed by atoms with Gasteiger partial charge in [-0.2, -0.15) is 0 Å². The number of nitrogens with one attached hydrogen (secondary N) is 1. The summed E-state index contributed by atoms with van der Waals surface area (Å²) in [7, 11) is 0. The minimum atomic E-state index is -0.839. The van der Waals surface area contributed by atoms with Crippen LogP contribution in [0.2, 0.25) is 0 Å². The van der Waals surface area contributed by atoms with Gasteiger partial charge in [-0.3, -0.25) is 4.79 Å². The molecule has 0 bridgehead atoms. The van der Waals surface area contributed by atoms with Gasteiger partial charge in [-0.25, -0.2) is 0 Å². The van der Waals surface area contributed by atoms with Crippen molar-refractivity contribution in [1.82, 2.24) is 0 Å². The Balaban J connectivity index is 3.46. The largest absolute Gasteiger partial charge is 0.481 e. The lowest BCUT2D eigenvalue weighted by Gasteiger charge is -1.96. The molecule has 2 N–H and O–H groups in total. The molecule has 0 saturated carbocycles. The Morgan fingerprint density at radius 2 is 2.50 bits per heavy atom. The summed E-state index contributed by atoms with van der Waals surface area (Å²) in [6.45, 7) is 1.58. The highest BCUT2D eigenvalue weighted by molar-refractivity contribution is 5.73. The Bertz CT molecular complexity index is 101. The van der Waals surface area contributed by atoms with Crippen molar-refractivity contribution >= 4 is 12.2 Å². The number of carbonyl (C=O) groups is 1. The standard InChI is InChI=1S/C5H9NO2/c1-4(2-3-6)5(7)8/h3-4,6H,2H2,1H3,(H,7,8)/t4-/m0/s1. The van der Waals surface area contributed by atoms with Crippen LogP contribution in [0.5, 0.6) is 0 Å². The summed E-state index contributed by atoms with van der Waals surface area (Å²) in [5.74, 6) is -1.25. The third-order valence-corrected chi connectivity index (χ3v) is 0.893. The predicted molar refractivity (Wildman–Crippen MR) is 30.2 cm³/mol. The van der Waals surface area contributed by atoms with Crippen molar-refractivity contribution in [3.05, 3.63) is 0 Å². The van der Waals surface area contributed by atoms with Gasteiger partial charge >= 0.3 is 5.97 Å². The van der Waals surface area contributed by atoms with Crippen molar-refractivity contribution in [1.29, 1.82) is 5.41 Å². The molecule has 0 unspecified atom stereocenters. The molecule has 1 atom stereocenters. The lowest BCUT2D eigenvalue weighted by Crippen LogP contribution is -2.08. The maximum Gasteiger partial charge on any atom is 0.306 e. The van der Waals surface area contributed by atoms with Gasteiger partial charge in [0, 0.05) is 0 Å². The third-order valence-electron chi connectivity index (χ3n) is 0.893. The van der Waals surface area contributed by atoms with Crippen LogP contribution in [-0.4, -0.2) is 17.3 Å². The zero-order valence-electron chi connectivity index (χ0n) is 4.72. The molecular weight excluding hydrogens is 106 g/mol. The first-order valence-electron chi connectivity index (χ1n) is 2.40. The van der Waals surface area contributed by atoms with Gasteiger partial charge in [-0.15, -0.1) is 0 Å². The molecule has 0 aromatic rings. The van der Waals surface area contributed by atoms with Crippen LogP contribution in [-0.2, 0) is 4.79 Å². The van der Waals surface area contributed by atoms with Crippen molar-refractivity contribution in [3.8, 4) is 0 Å². The van der Waals surface area contributed by atoms with E-state index in [0.29, 0.717) is 6.42 Å². The lowest BCUT2D eigenvalue weighted by molar-refractivity contribution is -0.140. The smallest absolute Gasteiger partial charge is 0.306 e. The van der Waals surface area contributed by atoms with E-state index in [9.17, 15) is 4.79 Å². The maximum atomic E-state index is 9.99. The predicted octanol–water partition coefficient (Wildman–Crippen LogP) is 0.747. The summed E-state index contributed by atoms with van der Waals surface area (Å²) in [6.07, 6.45) is 1.44. The normalized spacial score (nSPS) is 12.6. The van der Waals surface area contributed by atoms with Gasteiger partial charge in [0.25, 0.3) is 0 Å². The fourth-order valence-corrected chi connectivity index (χ4v) is 0.278. The topological polar surface area (TPSA) is 61.2 Å². The fraction of sp³-hybridized carbons (Fsp3) is 0.600. The van der Waals surface area contributed by atoms with Gasteiger partial charge < -0.3 is 10.5 Å². The molecule has 3 nitrogen and oxygen atoms in total. The molecule has 0 radical (unpaired) electrons. The first-order chi connectivity index (χ1) is 3.68. The molecular formula is C5H9NO2. The first-order valence-corrected chi connectivity index (χ1v) is 2.40. The van der Waals surface area contributed by atoms with Crippen molar-refractivity contribution in [3.63, 3.8) is 0 Å². The average Bonchev–Trinajstić information content (AvgIpc) is 1.67. The van der Waals surface area contributed by atoms with Crippen molar-refractivity contribution in [2.45, 2.75) is 13.3 Å². The van der Waals surface area contributed by atoms with Gasteiger partial charge in [0.05, 0.1) is 5.92 Å². The summed E-state index contributed by atoms with van der Waals surface area (Å²) < 4.78 is 0. The minimum absolute atomic E-state index is 0.329. The van der Waals surface area contributed by atoms with Crippen molar-refractivity contribution in [2.75, 3.05) is 0 Å². The maximum absolute atomic E-state index is 9.99. The molecule has 0 amide bonds. The van der Waals surface area contributed by atoms with Crippen LogP contribution in [0.1, 0.15) is 13.3 Å². The summed E-state index contributed by atoms with van der Waals surface area (Å²) in [5, 5.41) is 14.7. The lowest BCUT2D eigenvalue weighted by atomic mass is 10.1. The molecule has 8 heavy (non-hydrogen) atoms. The Kier molecular flexibility index (Phi) is 2.84. The highest BCUT2D eigenvalue weighted by Crippen LogP contribution is 1.96. The Morgan fingerprint density at radius 3 is 2.62 bits per heavy atom. The van der Waals surface area contributed by atoms with E-state index in [4.69, 9.17) is 10.5 Å². The summed E-state index contributed by atoms with van der Waals surface area (Å²) >= 11 is 0. The van der Waals surface area contributed by atoms with E-state index in [2.05, 4.69) is 0 Å². The van der Waals surface area contributed by atoms with E-state index < -0.39 is 11.9 Å². The van der Waals surface area contributed by atoms with E-state index in [1.807, 2.05) is 0 Å². The number of carboxylic acids is 1. The monoisotopic (exact) mass is 115 g/mol. The quantitative estimate of drug-likeness (QED) is 0.533. The number of aliphatic carboxylic acids is 1. The van der Waals surface area contributed by atoms with Crippen LogP contribution >= 0.6 is 0 Å². The summed E-state index contributed by atoms with van der Waals surface area (Å²) in [5.41, 5.74) is 0. The SMILES string of the molecule is C[C@@H](CC=N)C(=O)O. The molecule has 3 heteroatoms. The molecule has 0 heterocycles. The molecule has 0 spiro atoms. The van der Waals surface area contributed by atoms with Crippen LogP contribution in [0, 0.1) is 11.3 Å². The van der Waals surface area contributed by atoms with Gasteiger partial charge in [0.15, 0.2) is 0 Å².